The fraction of sp³-hybridized carbons (Fsp3) is 0.267. The van der Waals surface area contributed by atoms with Crippen LogP contribution in [0.3, 0.4) is 0 Å². The van der Waals surface area contributed by atoms with Crippen molar-refractivity contribution < 1.29 is 4.39 Å². The molecule has 1 aromatic carbocycles. The third kappa shape index (κ3) is 2.19. The monoisotopic (exact) mass is 352 g/mol. The summed E-state index contributed by atoms with van der Waals surface area (Å²) in [4.78, 5) is 7.15. The van der Waals surface area contributed by atoms with Gasteiger partial charge in [-0.25, -0.2) is 9.37 Å². The largest absolute Gasteiger partial charge is 0.294 e. The van der Waals surface area contributed by atoms with Gasteiger partial charge in [-0.05, 0) is 37.8 Å². The van der Waals surface area contributed by atoms with Crippen LogP contribution in [0.5, 0.6) is 0 Å². The van der Waals surface area contributed by atoms with Crippen LogP contribution in [0.4, 0.5) is 4.39 Å². The molecule has 104 valence electrons. The van der Waals surface area contributed by atoms with Gasteiger partial charge in [-0.3, -0.25) is 4.40 Å². The number of fused-ring (bicyclic) bond motifs is 3. The minimum absolute atomic E-state index is 0. The Balaban J connectivity index is 0.00000121. The van der Waals surface area contributed by atoms with E-state index in [4.69, 9.17) is 0 Å². The third-order valence-electron chi connectivity index (χ3n) is 3.69. The van der Waals surface area contributed by atoms with Crippen LogP contribution in [0.25, 0.3) is 16.2 Å². The minimum Gasteiger partial charge on any atom is -0.294 e. The van der Waals surface area contributed by atoms with Crippen molar-refractivity contribution in [1.82, 2.24) is 9.38 Å². The smallest absolute Gasteiger partial charge is 0.194 e. The van der Waals surface area contributed by atoms with Crippen LogP contribution in [-0.4, -0.2) is 9.38 Å². The van der Waals surface area contributed by atoms with Crippen LogP contribution < -0.4 is 0 Å². The first-order valence-electron chi connectivity index (χ1n) is 6.57. The second-order valence-corrected chi connectivity index (χ2v) is 6.03. The molecule has 1 aliphatic carbocycles. The highest BCUT2D eigenvalue weighted by Gasteiger charge is 2.18. The van der Waals surface area contributed by atoms with Crippen molar-refractivity contribution in [3.05, 3.63) is 46.9 Å². The maximum absolute atomic E-state index is 13.3. The molecule has 0 bridgehead atoms. The van der Waals surface area contributed by atoms with Crippen molar-refractivity contribution in [2.24, 2.45) is 0 Å². The number of aromatic nitrogens is 2. The Kier molecular flexibility index (Phi) is 3.65. The van der Waals surface area contributed by atoms with Crippen LogP contribution in [0.1, 0.15) is 23.4 Å². The average Bonchev–Trinajstić information content (AvgIpc) is 2.96. The molecule has 0 atom stereocenters. The first-order valence-corrected chi connectivity index (χ1v) is 7.38. The molecule has 0 saturated heterocycles. The molecule has 0 saturated carbocycles. The predicted molar refractivity (Wildman–Crippen MR) is 85.4 cm³/mol. The van der Waals surface area contributed by atoms with E-state index < -0.39 is 0 Å². The van der Waals surface area contributed by atoms with Gasteiger partial charge in [0.05, 0.1) is 5.69 Å². The molecule has 0 radical (unpaired) electrons. The fourth-order valence-corrected chi connectivity index (χ4v) is 3.94. The van der Waals surface area contributed by atoms with E-state index in [-0.39, 0.29) is 22.8 Å². The zero-order valence-corrected chi connectivity index (χ0v) is 13.3. The lowest BCUT2D eigenvalue weighted by Crippen LogP contribution is -2.01. The SMILES string of the molecule is Br.Fc1cccc(-c2cn3c4c(sc3n2)CCCC4)c1. The summed E-state index contributed by atoms with van der Waals surface area (Å²) in [5, 5.41) is 0. The van der Waals surface area contributed by atoms with Crippen LogP contribution >= 0.6 is 28.3 Å². The van der Waals surface area contributed by atoms with E-state index >= 15 is 0 Å². The van der Waals surface area contributed by atoms with Gasteiger partial charge in [-0.15, -0.1) is 28.3 Å². The quantitative estimate of drug-likeness (QED) is 0.622. The Morgan fingerprint density at radius 1 is 1.20 bits per heavy atom. The molecule has 3 aromatic rings. The number of imidazole rings is 1. The normalized spacial score (nSPS) is 14.1. The molecule has 0 spiro atoms. The van der Waals surface area contributed by atoms with Gasteiger partial charge in [0.2, 0.25) is 0 Å². The first kappa shape index (κ1) is 13.8. The van der Waals surface area contributed by atoms with Crippen molar-refractivity contribution in [2.75, 3.05) is 0 Å². The maximum atomic E-state index is 13.3. The maximum Gasteiger partial charge on any atom is 0.194 e. The highest BCUT2D eigenvalue weighted by Crippen LogP contribution is 2.32. The van der Waals surface area contributed by atoms with Crippen molar-refractivity contribution in [1.29, 1.82) is 0 Å². The summed E-state index contributed by atoms with van der Waals surface area (Å²) in [6, 6.07) is 6.64. The van der Waals surface area contributed by atoms with Gasteiger partial charge >= 0.3 is 0 Å². The molecule has 20 heavy (non-hydrogen) atoms. The first-order chi connectivity index (χ1) is 9.31. The lowest BCUT2D eigenvalue weighted by atomic mass is 10.0. The molecule has 2 heterocycles. The summed E-state index contributed by atoms with van der Waals surface area (Å²) in [5.41, 5.74) is 3.11. The van der Waals surface area contributed by atoms with E-state index in [9.17, 15) is 4.39 Å². The molecule has 4 rings (SSSR count). The molecule has 2 nitrogen and oxygen atoms in total. The topological polar surface area (TPSA) is 17.3 Å². The van der Waals surface area contributed by atoms with Crippen molar-refractivity contribution in [3.8, 4) is 11.3 Å². The molecule has 5 heteroatoms. The van der Waals surface area contributed by atoms with E-state index in [1.807, 2.05) is 12.3 Å². The van der Waals surface area contributed by atoms with Crippen LogP contribution in [0.15, 0.2) is 30.5 Å². The Morgan fingerprint density at radius 2 is 2.05 bits per heavy atom. The van der Waals surface area contributed by atoms with Crippen LogP contribution in [0.2, 0.25) is 0 Å². The molecular formula is C15H14BrFN2S. The van der Waals surface area contributed by atoms with Gasteiger partial charge in [-0.1, -0.05) is 12.1 Å². The Bertz CT molecular complexity index is 762. The fourth-order valence-electron chi connectivity index (χ4n) is 2.75. The summed E-state index contributed by atoms with van der Waals surface area (Å²) >= 11 is 1.78. The number of rotatable bonds is 1. The summed E-state index contributed by atoms with van der Waals surface area (Å²) < 4.78 is 15.5. The van der Waals surface area contributed by atoms with Gasteiger partial charge in [0.1, 0.15) is 5.82 Å². The van der Waals surface area contributed by atoms with Gasteiger partial charge in [0.15, 0.2) is 4.96 Å². The molecule has 0 aliphatic heterocycles. The highest BCUT2D eigenvalue weighted by atomic mass is 79.9. The van der Waals surface area contributed by atoms with E-state index in [0.717, 1.165) is 22.6 Å². The van der Waals surface area contributed by atoms with Crippen LogP contribution in [-0.2, 0) is 12.8 Å². The summed E-state index contributed by atoms with van der Waals surface area (Å²) in [7, 11) is 0. The Labute approximate surface area is 131 Å². The van der Waals surface area contributed by atoms with E-state index in [2.05, 4.69) is 9.38 Å². The molecule has 0 fully saturated rings. The van der Waals surface area contributed by atoms with E-state index in [0.29, 0.717) is 0 Å². The van der Waals surface area contributed by atoms with Crippen molar-refractivity contribution in [3.63, 3.8) is 0 Å². The second-order valence-electron chi connectivity index (χ2n) is 4.97. The summed E-state index contributed by atoms with van der Waals surface area (Å²) in [5.74, 6) is -0.212. The molecular weight excluding hydrogens is 339 g/mol. The molecule has 0 N–H and O–H groups in total. The molecule has 0 unspecified atom stereocenters. The average molecular weight is 353 g/mol. The molecule has 1 aliphatic rings. The molecule has 2 aromatic heterocycles. The number of aryl methyl sites for hydroxylation is 2. The lowest BCUT2D eigenvalue weighted by molar-refractivity contribution is 0.628. The highest BCUT2D eigenvalue weighted by molar-refractivity contribution is 8.93. The third-order valence-corrected chi connectivity index (χ3v) is 4.85. The van der Waals surface area contributed by atoms with Gasteiger partial charge in [0.25, 0.3) is 0 Å². The Hall–Kier alpha value is -1.20. The number of benzene rings is 1. The molecule has 0 amide bonds. The van der Waals surface area contributed by atoms with Gasteiger partial charge in [-0.2, -0.15) is 0 Å². The zero-order chi connectivity index (χ0) is 12.8. The lowest BCUT2D eigenvalue weighted by Gasteiger charge is -2.09. The van der Waals surface area contributed by atoms with Crippen molar-refractivity contribution in [2.45, 2.75) is 25.7 Å². The number of thiazole rings is 1. The second kappa shape index (κ2) is 5.30. The van der Waals surface area contributed by atoms with Gasteiger partial charge < -0.3 is 0 Å². The summed E-state index contributed by atoms with van der Waals surface area (Å²) in [6.45, 7) is 0. The summed E-state index contributed by atoms with van der Waals surface area (Å²) in [6.07, 6.45) is 6.90. The number of hydrogen-bond donors (Lipinski definition) is 0. The minimum atomic E-state index is -0.212. The number of hydrogen-bond acceptors (Lipinski definition) is 2. The van der Waals surface area contributed by atoms with E-state index in [1.165, 1.54) is 35.9 Å². The van der Waals surface area contributed by atoms with Crippen LogP contribution in [0, 0.1) is 5.82 Å². The number of nitrogens with zero attached hydrogens (tertiary/aromatic N) is 2. The van der Waals surface area contributed by atoms with E-state index in [1.54, 1.807) is 23.5 Å². The number of halogens is 2. The Morgan fingerprint density at radius 3 is 2.90 bits per heavy atom. The van der Waals surface area contributed by atoms with Gasteiger partial charge in [0, 0.05) is 22.3 Å². The zero-order valence-electron chi connectivity index (χ0n) is 10.8. The predicted octanol–water partition coefficient (Wildman–Crippen LogP) is 4.66. The van der Waals surface area contributed by atoms with Crippen molar-refractivity contribution >= 4 is 33.3 Å². The standard InChI is InChI=1S/C15H13FN2S.BrH/c16-11-5-3-4-10(8-11)12-9-18-13-6-1-2-7-14(13)19-15(18)17-12;/h3-5,8-9H,1-2,6-7H2;1H.